The van der Waals surface area contributed by atoms with Gasteiger partial charge in [0.05, 0.1) is 12.7 Å². The van der Waals surface area contributed by atoms with E-state index in [1.807, 2.05) is 0 Å². The van der Waals surface area contributed by atoms with E-state index in [9.17, 15) is 0 Å². The van der Waals surface area contributed by atoms with Gasteiger partial charge in [-0.25, -0.2) is 0 Å². The van der Waals surface area contributed by atoms with Crippen molar-refractivity contribution in [3.63, 3.8) is 0 Å². The average Bonchev–Trinajstić information content (AvgIpc) is 2.77. The van der Waals surface area contributed by atoms with E-state index in [0.717, 1.165) is 36.7 Å². The van der Waals surface area contributed by atoms with Crippen LogP contribution in [-0.2, 0) is 4.74 Å². The SMILES string of the molecule is CC1=CCOC(C2C3C=CC(C3)C2C)C1. The maximum atomic E-state index is 5.95. The van der Waals surface area contributed by atoms with E-state index in [1.165, 1.54) is 12.0 Å². The Morgan fingerprint density at radius 2 is 2.07 bits per heavy atom. The van der Waals surface area contributed by atoms with Gasteiger partial charge >= 0.3 is 0 Å². The molecule has 3 aliphatic rings. The monoisotopic (exact) mass is 204 g/mol. The van der Waals surface area contributed by atoms with Gasteiger partial charge in [0.15, 0.2) is 0 Å². The number of fused-ring (bicyclic) bond motifs is 2. The van der Waals surface area contributed by atoms with E-state index in [-0.39, 0.29) is 0 Å². The fourth-order valence-electron chi connectivity index (χ4n) is 3.74. The molecule has 0 aromatic carbocycles. The van der Waals surface area contributed by atoms with Crippen LogP contribution in [0.1, 0.15) is 26.7 Å². The second-order valence-corrected chi connectivity index (χ2v) is 5.51. The van der Waals surface area contributed by atoms with E-state index in [1.54, 1.807) is 0 Å². The topological polar surface area (TPSA) is 9.23 Å². The normalized spacial score (nSPS) is 48.4. The highest BCUT2D eigenvalue weighted by molar-refractivity contribution is 5.16. The van der Waals surface area contributed by atoms with Crippen molar-refractivity contribution in [3.8, 4) is 0 Å². The standard InChI is InChI=1S/C14H20O/c1-9-5-6-15-13(7-9)14-10(2)11-3-4-12(14)8-11/h3-5,10-14H,6-8H2,1-2H3. The predicted molar refractivity (Wildman–Crippen MR) is 61.5 cm³/mol. The van der Waals surface area contributed by atoms with Crippen molar-refractivity contribution in [2.45, 2.75) is 32.8 Å². The zero-order chi connectivity index (χ0) is 10.4. The van der Waals surface area contributed by atoms with Crippen LogP contribution in [0.2, 0.25) is 0 Å². The van der Waals surface area contributed by atoms with Crippen molar-refractivity contribution < 1.29 is 4.74 Å². The van der Waals surface area contributed by atoms with Gasteiger partial charge in [-0.3, -0.25) is 0 Å². The third-order valence-electron chi connectivity index (χ3n) is 4.62. The zero-order valence-corrected chi connectivity index (χ0v) is 9.65. The molecule has 1 heterocycles. The minimum Gasteiger partial charge on any atom is -0.374 e. The van der Waals surface area contributed by atoms with Crippen molar-refractivity contribution in [2.75, 3.05) is 6.61 Å². The van der Waals surface area contributed by atoms with Crippen LogP contribution in [0.3, 0.4) is 0 Å². The number of hydrogen-bond donors (Lipinski definition) is 0. The first kappa shape index (κ1) is 9.65. The Balaban J connectivity index is 1.78. The summed E-state index contributed by atoms with van der Waals surface area (Å²) >= 11 is 0. The molecule has 1 nitrogen and oxygen atoms in total. The number of ether oxygens (including phenoxy) is 1. The van der Waals surface area contributed by atoms with E-state index in [2.05, 4.69) is 32.1 Å². The zero-order valence-electron chi connectivity index (χ0n) is 9.65. The summed E-state index contributed by atoms with van der Waals surface area (Å²) in [6, 6.07) is 0. The van der Waals surface area contributed by atoms with E-state index in [0.29, 0.717) is 6.10 Å². The van der Waals surface area contributed by atoms with E-state index < -0.39 is 0 Å². The molecule has 15 heavy (non-hydrogen) atoms. The summed E-state index contributed by atoms with van der Waals surface area (Å²) in [4.78, 5) is 0. The van der Waals surface area contributed by atoms with Gasteiger partial charge in [-0.05, 0) is 43.4 Å². The van der Waals surface area contributed by atoms with Gasteiger partial charge < -0.3 is 4.74 Å². The first-order chi connectivity index (χ1) is 7.25. The molecule has 82 valence electrons. The highest BCUT2D eigenvalue weighted by Gasteiger charge is 2.46. The van der Waals surface area contributed by atoms with Gasteiger partial charge in [0.1, 0.15) is 0 Å². The quantitative estimate of drug-likeness (QED) is 0.596. The molecule has 1 aliphatic heterocycles. The Kier molecular flexibility index (Phi) is 2.24. The maximum Gasteiger partial charge on any atom is 0.0654 e. The molecule has 0 radical (unpaired) electrons. The van der Waals surface area contributed by atoms with Gasteiger partial charge in [-0.2, -0.15) is 0 Å². The third kappa shape index (κ3) is 1.48. The predicted octanol–water partition coefficient (Wildman–Crippen LogP) is 3.18. The lowest BCUT2D eigenvalue weighted by atomic mass is 9.78. The van der Waals surface area contributed by atoms with Gasteiger partial charge in [0.25, 0.3) is 0 Å². The number of rotatable bonds is 1. The van der Waals surface area contributed by atoms with Crippen LogP contribution in [0.4, 0.5) is 0 Å². The van der Waals surface area contributed by atoms with E-state index >= 15 is 0 Å². The molecule has 2 aliphatic carbocycles. The van der Waals surface area contributed by atoms with Gasteiger partial charge in [0, 0.05) is 0 Å². The van der Waals surface area contributed by atoms with E-state index in [4.69, 9.17) is 4.74 Å². The van der Waals surface area contributed by atoms with Crippen LogP contribution in [0.25, 0.3) is 0 Å². The Morgan fingerprint density at radius 3 is 2.73 bits per heavy atom. The second kappa shape index (κ2) is 3.48. The van der Waals surface area contributed by atoms with Crippen LogP contribution in [0.5, 0.6) is 0 Å². The summed E-state index contributed by atoms with van der Waals surface area (Å²) in [6.07, 6.45) is 10.1. The Morgan fingerprint density at radius 1 is 1.27 bits per heavy atom. The molecule has 0 aromatic rings. The molecule has 1 saturated carbocycles. The molecule has 0 amide bonds. The molecule has 2 bridgehead atoms. The molecule has 1 heteroatoms. The van der Waals surface area contributed by atoms with Crippen molar-refractivity contribution in [2.24, 2.45) is 23.7 Å². The molecule has 0 spiro atoms. The first-order valence-electron chi connectivity index (χ1n) is 6.21. The average molecular weight is 204 g/mol. The fraction of sp³-hybridized carbons (Fsp3) is 0.714. The largest absolute Gasteiger partial charge is 0.374 e. The summed E-state index contributed by atoms with van der Waals surface area (Å²) < 4.78 is 5.95. The third-order valence-corrected chi connectivity index (χ3v) is 4.62. The highest BCUT2D eigenvalue weighted by Crippen LogP contribution is 2.50. The van der Waals surface area contributed by atoms with Crippen LogP contribution >= 0.6 is 0 Å². The summed E-state index contributed by atoms with van der Waals surface area (Å²) in [5, 5.41) is 0. The Labute approximate surface area is 92.2 Å². The highest BCUT2D eigenvalue weighted by atomic mass is 16.5. The number of hydrogen-bond acceptors (Lipinski definition) is 1. The Bertz CT molecular complexity index is 315. The minimum atomic E-state index is 0.491. The van der Waals surface area contributed by atoms with Gasteiger partial charge in [-0.1, -0.05) is 30.7 Å². The van der Waals surface area contributed by atoms with Crippen LogP contribution in [0, 0.1) is 23.7 Å². The molecule has 5 atom stereocenters. The number of allylic oxidation sites excluding steroid dienone is 2. The second-order valence-electron chi connectivity index (χ2n) is 5.51. The van der Waals surface area contributed by atoms with Gasteiger partial charge in [0.2, 0.25) is 0 Å². The smallest absolute Gasteiger partial charge is 0.0654 e. The van der Waals surface area contributed by atoms with Crippen LogP contribution < -0.4 is 0 Å². The molecule has 0 aromatic heterocycles. The Hall–Kier alpha value is -0.560. The van der Waals surface area contributed by atoms with Crippen LogP contribution in [0.15, 0.2) is 23.8 Å². The molecule has 0 saturated heterocycles. The summed E-state index contributed by atoms with van der Waals surface area (Å²) in [5.41, 5.74) is 1.52. The molecule has 5 unspecified atom stereocenters. The molecular formula is C14H20O. The maximum absolute atomic E-state index is 5.95. The minimum absolute atomic E-state index is 0.491. The van der Waals surface area contributed by atoms with Crippen molar-refractivity contribution in [3.05, 3.63) is 23.8 Å². The molecule has 3 rings (SSSR count). The first-order valence-corrected chi connectivity index (χ1v) is 6.21. The molecular weight excluding hydrogens is 184 g/mol. The summed E-state index contributed by atoms with van der Waals surface area (Å²) in [6.45, 7) is 5.49. The fourth-order valence-corrected chi connectivity index (χ4v) is 3.74. The molecule has 1 fully saturated rings. The van der Waals surface area contributed by atoms with Crippen molar-refractivity contribution in [1.29, 1.82) is 0 Å². The van der Waals surface area contributed by atoms with Crippen LogP contribution in [-0.4, -0.2) is 12.7 Å². The lowest BCUT2D eigenvalue weighted by Gasteiger charge is -2.34. The summed E-state index contributed by atoms with van der Waals surface area (Å²) in [7, 11) is 0. The lowest BCUT2D eigenvalue weighted by Crippen LogP contribution is -2.34. The summed E-state index contributed by atoms with van der Waals surface area (Å²) in [5.74, 6) is 3.26. The lowest BCUT2D eigenvalue weighted by molar-refractivity contribution is -0.00287. The van der Waals surface area contributed by atoms with Crippen molar-refractivity contribution >= 4 is 0 Å². The van der Waals surface area contributed by atoms with Crippen molar-refractivity contribution in [1.82, 2.24) is 0 Å². The van der Waals surface area contributed by atoms with Gasteiger partial charge in [-0.15, -0.1) is 0 Å². The molecule has 0 N–H and O–H groups in total.